The number of para-hydroxylation sites is 1. The first-order chi connectivity index (χ1) is 17.1. The molecule has 0 spiro atoms. The van der Waals surface area contributed by atoms with Gasteiger partial charge in [0.05, 0.1) is 6.54 Å². The third kappa shape index (κ3) is 4.00. The second-order valence-corrected chi connectivity index (χ2v) is 10.0. The number of nitrogens with zero attached hydrogens (tertiary/aromatic N) is 3. The zero-order valence-electron chi connectivity index (χ0n) is 19.2. The number of hydrogen-bond acceptors (Lipinski definition) is 6. The second-order valence-electron chi connectivity index (χ2n) is 9.17. The average Bonchev–Trinajstić information content (AvgIpc) is 3.54. The highest BCUT2D eigenvalue weighted by atomic mass is 32.1. The summed E-state index contributed by atoms with van der Waals surface area (Å²) in [6, 6.07) is 12.0. The first-order valence-electron chi connectivity index (χ1n) is 11.9. The van der Waals surface area contributed by atoms with Crippen LogP contribution in [0, 0.1) is 0 Å². The Hall–Kier alpha value is -3.56. The van der Waals surface area contributed by atoms with Gasteiger partial charge in [0.25, 0.3) is 5.91 Å². The van der Waals surface area contributed by atoms with Crippen LogP contribution < -0.4 is 10.6 Å². The van der Waals surface area contributed by atoms with E-state index in [9.17, 15) is 9.59 Å². The Morgan fingerprint density at radius 3 is 2.80 bits per heavy atom. The molecule has 0 bridgehead atoms. The highest BCUT2D eigenvalue weighted by Gasteiger charge is 2.44. The molecule has 4 aromatic rings. The van der Waals surface area contributed by atoms with Crippen LogP contribution in [-0.4, -0.2) is 56.8 Å². The van der Waals surface area contributed by atoms with E-state index in [1.807, 2.05) is 29.2 Å². The first kappa shape index (κ1) is 21.9. The Kier molecular flexibility index (Phi) is 5.58. The lowest BCUT2D eigenvalue weighted by atomic mass is 9.85. The standard InChI is InChI=1S/C26H26N6O2S/c33-23(22-16-35-24(30-22)17-4-3-10-28-14-17)31-26(8-11-27-12-9-26)25(34)32-13-7-19-18-5-1-2-6-20(18)29-21(19)15-32/h1-6,10,14,16,27,29H,7-9,11-13,15H2,(H,31,33). The van der Waals surface area contributed by atoms with E-state index in [0.29, 0.717) is 44.7 Å². The van der Waals surface area contributed by atoms with Crippen LogP contribution in [0.1, 0.15) is 34.6 Å². The molecular weight excluding hydrogens is 460 g/mol. The SMILES string of the molecule is O=C(NC1(C(=O)N2CCc3c([nH]c4ccccc34)C2)CCNCC1)c1csc(-c2cccnc2)n1. The number of amides is 2. The van der Waals surface area contributed by atoms with Gasteiger partial charge >= 0.3 is 0 Å². The molecule has 2 aliphatic rings. The monoisotopic (exact) mass is 486 g/mol. The van der Waals surface area contributed by atoms with E-state index < -0.39 is 5.54 Å². The minimum absolute atomic E-state index is 0.0145. The smallest absolute Gasteiger partial charge is 0.271 e. The molecule has 2 aliphatic heterocycles. The fourth-order valence-corrected chi connectivity index (χ4v) is 5.99. The largest absolute Gasteiger partial charge is 0.357 e. The van der Waals surface area contributed by atoms with E-state index in [-0.39, 0.29) is 11.8 Å². The zero-order valence-corrected chi connectivity index (χ0v) is 20.0. The summed E-state index contributed by atoms with van der Waals surface area (Å²) < 4.78 is 0. The molecule has 0 unspecified atom stereocenters. The average molecular weight is 487 g/mol. The summed E-state index contributed by atoms with van der Waals surface area (Å²) in [7, 11) is 0. The number of rotatable bonds is 4. The Labute approximate surface area is 206 Å². The number of aromatic amines is 1. The van der Waals surface area contributed by atoms with Crippen molar-refractivity contribution in [2.75, 3.05) is 19.6 Å². The van der Waals surface area contributed by atoms with Crippen molar-refractivity contribution >= 4 is 34.1 Å². The number of carbonyl (C=O) groups excluding carboxylic acids is 2. The van der Waals surface area contributed by atoms with Gasteiger partial charge in [-0.1, -0.05) is 18.2 Å². The molecule has 0 aliphatic carbocycles. The van der Waals surface area contributed by atoms with Crippen LogP contribution in [-0.2, 0) is 17.8 Å². The van der Waals surface area contributed by atoms with Crippen molar-refractivity contribution < 1.29 is 9.59 Å². The molecule has 5 heterocycles. The first-order valence-corrected chi connectivity index (χ1v) is 12.8. The summed E-state index contributed by atoms with van der Waals surface area (Å²) in [6.07, 6.45) is 5.33. The van der Waals surface area contributed by atoms with Crippen molar-refractivity contribution in [2.45, 2.75) is 31.3 Å². The summed E-state index contributed by atoms with van der Waals surface area (Å²) in [5, 5.41) is 10.1. The molecule has 3 N–H and O–H groups in total. The van der Waals surface area contributed by atoms with Crippen LogP contribution in [0.15, 0.2) is 54.2 Å². The summed E-state index contributed by atoms with van der Waals surface area (Å²) in [5.74, 6) is -0.325. The quantitative estimate of drug-likeness (QED) is 0.411. The van der Waals surface area contributed by atoms with E-state index in [1.165, 1.54) is 22.3 Å². The summed E-state index contributed by atoms with van der Waals surface area (Å²) in [5.41, 5.74) is 3.73. The van der Waals surface area contributed by atoms with Crippen molar-refractivity contribution in [3.8, 4) is 10.6 Å². The fraction of sp³-hybridized carbons (Fsp3) is 0.308. The van der Waals surface area contributed by atoms with Crippen LogP contribution in [0.5, 0.6) is 0 Å². The van der Waals surface area contributed by atoms with E-state index >= 15 is 0 Å². The lowest BCUT2D eigenvalue weighted by molar-refractivity contribution is -0.140. The van der Waals surface area contributed by atoms with Crippen molar-refractivity contribution in [1.82, 2.24) is 30.5 Å². The van der Waals surface area contributed by atoms with Crippen molar-refractivity contribution in [3.05, 3.63) is 71.1 Å². The molecule has 8 nitrogen and oxygen atoms in total. The lowest BCUT2D eigenvalue weighted by Crippen LogP contribution is -2.63. The molecule has 1 fully saturated rings. The highest BCUT2D eigenvalue weighted by Crippen LogP contribution is 2.31. The van der Waals surface area contributed by atoms with Gasteiger partial charge in [0.2, 0.25) is 5.91 Å². The number of benzene rings is 1. The number of carbonyl (C=O) groups is 2. The van der Waals surface area contributed by atoms with Crippen LogP contribution >= 0.6 is 11.3 Å². The van der Waals surface area contributed by atoms with Gasteiger partial charge in [0.15, 0.2) is 0 Å². The number of nitrogens with one attached hydrogen (secondary N) is 3. The maximum absolute atomic E-state index is 13.9. The zero-order chi connectivity index (χ0) is 23.8. The van der Waals surface area contributed by atoms with Gasteiger partial charge in [-0.2, -0.15) is 0 Å². The molecule has 0 radical (unpaired) electrons. The van der Waals surface area contributed by atoms with Crippen molar-refractivity contribution in [3.63, 3.8) is 0 Å². The van der Waals surface area contributed by atoms with Crippen LogP contribution in [0.2, 0.25) is 0 Å². The second kappa shape index (κ2) is 8.90. The van der Waals surface area contributed by atoms with Gasteiger partial charge in [-0.25, -0.2) is 4.98 Å². The molecule has 9 heteroatoms. The number of aromatic nitrogens is 3. The molecule has 178 valence electrons. The number of fused-ring (bicyclic) bond motifs is 3. The molecule has 2 amide bonds. The number of H-pyrrole nitrogens is 1. The maximum atomic E-state index is 13.9. The van der Waals surface area contributed by atoms with Crippen molar-refractivity contribution in [2.24, 2.45) is 0 Å². The lowest BCUT2D eigenvalue weighted by Gasteiger charge is -2.41. The Bertz CT molecular complexity index is 1390. The molecule has 0 saturated carbocycles. The van der Waals surface area contributed by atoms with E-state index in [4.69, 9.17) is 0 Å². The minimum atomic E-state index is -0.941. The summed E-state index contributed by atoms with van der Waals surface area (Å²) in [6.45, 7) is 2.52. The van der Waals surface area contributed by atoms with E-state index in [0.717, 1.165) is 28.2 Å². The highest BCUT2D eigenvalue weighted by molar-refractivity contribution is 7.13. The molecule has 35 heavy (non-hydrogen) atoms. The van der Waals surface area contributed by atoms with Crippen LogP contribution in [0.3, 0.4) is 0 Å². The fourth-order valence-electron chi connectivity index (χ4n) is 5.20. The Balaban J connectivity index is 1.24. The predicted molar refractivity (Wildman–Crippen MR) is 135 cm³/mol. The van der Waals surface area contributed by atoms with Gasteiger partial charge < -0.3 is 20.5 Å². The molecule has 3 aromatic heterocycles. The topological polar surface area (TPSA) is 103 Å². The van der Waals surface area contributed by atoms with Crippen LogP contribution in [0.25, 0.3) is 21.5 Å². The molecular formula is C26H26N6O2S. The molecule has 1 saturated heterocycles. The Morgan fingerprint density at radius 2 is 1.97 bits per heavy atom. The van der Waals surface area contributed by atoms with E-state index in [1.54, 1.807) is 17.8 Å². The van der Waals surface area contributed by atoms with Gasteiger partial charge in [0, 0.05) is 46.5 Å². The van der Waals surface area contributed by atoms with Crippen molar-refractivity contribution in [1.29, 1.82) is 0 Å². The normalized spacial score (nSPS) is 17.2. The summed E-state index contributed by atoms with van der Waals surface area (Å²) >= 11 is 1.40. The van der Waals surface area contributed by atoms with E-state index in [2.05, 4.69) is 37.7 Å². The molecule has 6 rings (SSSR count). The molecule has 0 atom stereocenters. The number of thiazole rings is 1. The third-order valence-corrected chi connectivity index (χ3v) is 7.93. The van der Waals surface area contributed by atoms with Gasteiger partial charge in [-0.15, -0.1) is 11.3 Å². The predicted octanol–water partition coefficient (Wildman–Crippen LogP) is 3.12. The molecule has 1 aromatic carbocycles. The number of hydrogen-bond donors (Lipinski definition) is 3. The van der Waals surface area contributed by atoms with Crippen LogP contribution in [0.4, 0.5) is 0 Å². The maximum Gasteiger partial charge on any atom is 0.271 e. The van der Waals surface area contributed by atoms with Gasteiger partial charge in [-0.3, -0.25) is 14.6 Å². The number of piperidine rings is 1. The minimum Gasteiger partial charge on any atom is -0.357 e. The van der Waals surface area contributed by atoms with Gasteiger partial charge in [0.1, 0.15) is 16.2 Å². The third-order valence-electron chi connectivity index (χ3n) is 7.03. The Morgan fingerprint density at radius 1 is 1.11 bits per heavy atom. The number of pyridine rings is 1. The summed E-state index contributed by atoms with van der Waals surface area (Å²) in [4.78, 5) is 41.3. The van der Waals surface area contributed by atoms with Gasteiger partial charge in [-0.05, 0) is 56.1 Å².